The third-order valence-corrected chi connectivity index (χ3v) is 3.78. The van der Waals surface area contributed by atoms with Gasteiger partial charge < -0.3 is 9.84 Å². The number of fused-ring (bicyclic) bond motifs is 2. The van der Waals surface area contributed by atoms with Gasteiger partial charge in [0, 0.05) is 6.42 Å². The minimum absolute atomic E-state index is 0.00579. The van der Waals surface area contributed by atoms with Crippen LogP contribution < -0.4 is 0 Å². The molecule has 0 aliphatic carbocycles. The predicted octanol–water partition coefficient (Wildman–Crippen LogP) is 1.71. The Hall–Kier alpha value is -0.0800. The first-order chi connectivity index (χ1) is 5.49. The topological polar surface area (TPSA) is 29.5 Å². The molecule has 0 saturated carbocycles. The van der Waals surface area contributed by atoms with Gasteiger partial charge in [-0.1, -0.05) is 13.8 Å². The van der Waals surface area contributed by atoms with E-state index in [9.17, 15) is 5.11 Å². The second kappa shape index (κ2) is 2.24. The van der Waals surface area contributed by atoms with E-state index in [4.69, 9.17) is 4.74 Å². The van der Waals surface area contributed by atoms with Gasteiger partial charge in [-0.2, -0.15) is 0 Å². The summed E-state index contributed by atoms with van der Waals surface area (Å²) in [5, 5.41) is 9.77. The van der Waals surface area contributed by atoms with Gasteiger partial charge in [0.05, 0.1) is 17.3 Å². The fourth-order valence-corrected chi connectivity index (χ4v) is 2.59. The van der Waals surface area contributed by atoms with Gasteiger partial charge in [-0.25, -0.2) is 0 Å². The molecule has 2 bridgehead atoms. The Labute approximate surface area is 73.9 Å². The molecular formula is C10H18O2. The summed E-state index contributed by atoms with van der Waals surface area (Å²) in [7, 11) is 0. The van der Waals surface area contributed by atoms with Gasteiger partial charge in [-0.3, -0.25) is 0 Å². The van der Waals surface area contributed by atoms with Crippen molar-refractivity contribution in [2.24, 2.45) is 5.92 Å². The van der Waals surface area contributed by atoms with Crippen molar-refractivity contribution in [3.8, 4) is 0 Å². The maximum atomic E-state index is 9.77. The molecule has 0 radical (unpaired) electrons. The quantitative estimate of drug-likeness (QED) is 0.649. The first-order valence-electron chi connectivity index (χ1n) is 4.87. The van der Waals surface area contributed by atoms with Gasteiger partial charge in [0.1, 0.15) is 0 Å². The van der Waals surface area contributed by atoms with Crippen molar-refractivity contribution < 1.29 is 9.84 Å². The molecule has 0 amide bonds. The maximum absolute atomic E-state index is 9.77. The van der Waals surface area contributed by atoms with Crippen molar-refractivity contribution in [2.45, 2.75) is 57.3 Å². The van der Waals surface area contributed by atoms with Gasteiger partial charge in [-0.05, 0) is 25.7 Å². The highest BCUT2D eigenvalue weighted by Gasteiger charge is 2.59. The van der Waals surface area contributed by atoms with Crippen molar-refractivity contribution in [1.29, 1.82) is 0 Å². The lowest BCUT2D eigenvalue weighted by molar-refractivity contribution is -0.0801. The molecule has 3 atom stereocenters. The lowest BCUT2D eigenvalue weighted by atomic mass is 9.76. The molecule has 0 aromatic rings. The average Bonchev–Trinajstić information content (AvgIpc) is 2.41. The number of hydrogen-bond donors (Lipinski definition) is 1. The molecule has 2 unspecified atom stereocenters. The smallest absolute Gasteiger partial charge is 0.0922 e. The molecule has 0 spiro atoms. The summed E-state index contributed by atoms with van der Waals surface area (Å²) >= 11 is 0. The van der Waals surface area contributed by atoms with Crippen LogP contribution in [0.5, 0.6) is 0 Å². The van der Waals surface area contributed by atoms with Crippen LogP contribution in [0.2, 0.25) is 0 Å². The summed E-state index contributed by atoms with van der Waals surface area (Å²) in [4.78, 5) is 0. The van der Waals surface area contributed by atoms with Crippen LogP contribution in [0.3, 0.4) is 0 Å². The third-order valence-electron chi connectivity index (χ3n) is 3.78. The molecule has 2 heterocycles. The van der Waals surface area contributed by atoms with E-state index in [0.29, 0.717) is 5.92 Å². The Morgan fingerprint density at radius 2 is 2.08 bits per heavy atom. The summed E-state index contributed by atoms with van der Waals surface area (Å²) in [5.74, 6) is 0.525. The van der Waals surface area contributed by atoms with Crippen LogP contribution in [0.15, 0.2) is 0 Å². The SMILES string of the molecule is CC(C)C12CCC(C)(O1)[C@H](O)C2. The molecule has 2 rings (SSSR count). The summed E-state index contributed by atoms with van der Waals surface area (Å²) in [6.07, 6.45) is 2.74. The highest BCUT2D eigenvalue weighted by atomic mass is 16.6. The minimum Gasteiger partial charge on any atom is -0.390 e. The van der Waals surface area contributed by atoms with E-state index in [0.717, 1.165) is 19.3 Å². The molecule has 70 valence electrons. The zero-order chi connectivity index (χ0) is 8.98. The summed E-state index contributed by atoms with van der Waals surface area (Å²) in [6.45, 7) is 6.41. The molecular weight excluding hydrogens is 152 g/mol. The molecule has 2 heteroatoms. The van der Waals surface area contributed by atoms with E-state index in [-0.39, 0.29) is 17.3 Å². The van der Waals surface area contributed by atoms with E-state index in [1.54, 1.807) is 0 Å². The Morgan fingerprint density at radius 1 is 1.42 bits per heavy atom. The van der Waals surface area contributed by atoms with Crippen molar-refractivity contribution >= 4 is 0 Å². The number of aliphatic hydroxyl groups is 1. The molecule has 12 heavy (non-hydrogen) atoms. The number of ether oxygens (including phenoxy) is 1. The molecule has 2 aliphatic rings. The van der Waals surface area contributed by atoms with Crippen LogP contribution in [-0.4, -0.2) is 22.4 Å². The van der Waals surface area contributed by atoms with E-state index in [1.165, 1.54) is 0 Å². The Balaban J connectivity index is 2.25. The van der Waals surface area contributed by atoms with E-state index >= 15 is 0 Å². The van der Waals surface area contributed by atoms with E-state index in [2.05, 4.69) is 13.8 Å². The maximum Gasteiger partial charge on any atom is 0.0922 e. The van der Waals surface area contributed by atoms with Gasteiger partial charge in [0.25, 0.3) is 0 Å². The average molecular weight is 170 g/mol. The van der Waals surface area contributed by atoms with Crippen LogP contribution in [0.25, 0.3) is 0 Å². The number of hydrogen-bond acceptors (Lipinski definition) is 2. The Bertz CT molecular complexity index is 202. The lowest BCUT2D eigenvalue weighted by Crippen LogP contribution is -2.36. The molecule has 1 N–H and O–H groups in total. The van der Waals surface area contributed by atoms with E-state index < -0.39 is 0 Å². The number of rotatable bonds is 1. The van der Waals surface area contributed by atoms with Crippen LogP contribution in [-0.2, 0) is 4.74 Å². The Kier molecular flexibility index (Phi) is 1.59. The molecule has 2 nitrogen and oxygen atoms in total. The third kappa shape index (κ3) is 0.882. The minimum atomic E-state index is -0.242. The van der Waals surface area contributed by atoms with Crippen LogP contribution in [0.4, 0.5) is 0 Å². The van der Waals surface area contributed by atoms with Gasteiger partial charge in [0.15, 0.2) is 0 Å². The van der Waals surface area contributed by atoms with E-state index in [1.807, 2.05) is 6.92 Å². The van der Waals surface area contributed by atoms with Crippen LogP contribution in [0, 0.1) is 5.92 Å². The zero-order valence-corrected chi connectivity index (χ0v) is 8.13. The first-order valence-corrected chi connectivity index (χ1v) is 4.87. The highest BCUT2D eigenvalue weighted by Crippen LogP contribution is 2.53. The second-order valence-electron chi connectivity index (χ2n) is 4.85. The fourth-order valence-electron chi connectivity index (χ4n) is 2.59. The molecule has 2 aliphatic heterocycles. The fraction of sp³-hybridized carbons (Fsp3) is 1.00. The lowest BCUT2D eigenvalue weighted by Gasteiger charge is -2.29. The highest BCUT2D eigenvalue weighted by molar-refractivity contribution is 5.09. The van der Waals surface area contributed by atoms with Crippen molar-refractivity contribution in [2.75, 3.05) is 0 Å². The van der Waals surface area contributed by atoms with Crippen molar-refractivity contribution in [1.82, 2.24) is 0 Å². The van der Waals surface area contributed by atoms with Gasteiger partial charge in [-0.15, -0.1) is 0 Å². The van der Waals surface area contributed by atoms with Crippen LogP contribution >= 0.6 is 0 Å². The first kappa shape index (κ1) is 8.52. The molecule has 2 fully saturated rings. The standard InChI is InChI=1S/C10H18O2/c1-7(2)10-5-4-9(3,12-10)8(11)6-10/h7-8,11H,4-6H2,1-3H3/t8-,9?,10?/m1/s1. The largest absolute Gasteiger partial charge is 0.390 e. The summed E-state index contributed by atoms with van der Waals surface area (Å²) in [5.41, 5.74) is -0.238. The summed E-state index contributed by atoms with van der Waals surface area (Å²) < 4.78 is 5.97. The number of aliphatic hydroxyl groups excluding tert-OH is 1. The monoisotopic (exact) mass is 170 g/mol. The zero-order valence-electron chi connectivity index (χ0n) is 8.13. The second-order valence-corrected chi connectivity index (χ2v) is 4.85. The van der Waals surface area contributed by atoms with Gasteiger partial charge >= 0.3 is 0 Å². The molecule has 0 aromatic carbocycles. The molecule has 2 saturated heterocycles. The van der Waals surface area contributed by atoms with Gasteiger partial charge in [0.2, 0.25) is 0 Å². The summed E-state index contributed by atoms with van der Waals surface area (Å²) in [6, 6.07) is 0. The Morgan fingerprint density at radius 3 is 2.33 bits per heavy atom. The molecule has 0 aromatic heterocycles. The van der Waals surface area contributed by atoms with Crippen LogP contribution in [0.1, 0.15) is 40.0 Å². The van der Waals surface area contributed by atoms with Crippen molar-refractivity contribution in [3.63, 3.8) is 0 Å². The van der Waals surface area contributed by atoms with Crippen molar-refractivity contribution in [3.05, 3.63) is 0 Å². The predicted molar refractivity (Wildman–Crippen MR) is 46.9 cm³/mol. The normalized spacial score (nSPS) is 52.2.